The van der Waals surface area contributed by atoms with E-state index in [1.54, 1.807) is 0 Å². The zero-order valence-electron chi connectivity index (χ0n) is 10.3. The summed E-state index contributed by atoms with van der Waals surface area (Å²) in [6, 6.07) is 0.667. The van der Waals surface area contributed by atoms with Gasteiger partial charge in [-0.15, -0.1) is 0 Å². The number of nitrogens with one attached hydrogen (secondary N) is 1. The average Bonchev–Trinajstić information content (AvgIpc) is 1.95. The van der Waals surface area contributed by atoms with Crippen molar-refractivity contribution in [3.8, 4) is 0 Å². The number of rotatable bonds is 5. The van der Waals surface area contributed by atoms with Crippen LogP contribution in [0.3, 0.4) is 0 Å². The predicted molar refractivity (Wildman–Crippen MR) is 61.0 cm³/mol. The quantitative estimate of drug-likeness (QED) is 0.692. The molecule has 0 aliphatic rings. The molecule has 0 fully saturated rings. The van der Waals surface area contributed by atoms with Crippen LogP contribution in [0.1, 0.15) is 54.4 Å². The normalized spacial score (nSPS) is 15.0. The number of hydrogen-bond donors (Lipinski definition) is 1. The third-order valence-electron chi connectivity index (χ3n) is 2.53. The highest BCUT2D eigenvalue weighted by Crippen LogP contribution is 2.24. The van der Waals surface area contributed by atoms with Crippen LogP contribution in [-0.2, 0) is 0 Å². The minimum absolute atomic E-state index is 0.394. The van der Waals surface area contributed by atoms with Gasteiger partial charge < -0.3 is 5.32 Å². The molecule has 1 nitrogen and oxygen atoms in total. The van der Waals surface area contributed by atoms with E-state index in [9.17, 15) is 0 Å². The van der Waals surface area contributed by atoms with Crippen molar-refractivity contribution in [2.24, 2.45) is 11.3 Å². The third kappa shape index (κ3) is 6.09. The first-order valence-corrected chi connectivity index (χ1v) is 5.61. The van der Waals surface area contributed by atoms with E-state index in [0.29, 0.717) is 11.5 Å². The van der Waals surface area contributed by atoms with Crippen LogP contribution in [0.5, 0.6) is 0 Å². The molecular formula is C12H27N. The second-order valence-corrected chi connectivity index (χ2v) is 5.45. The molecule has 0 heterocycles. The summed E-state index contributed by atoms with van der Waals surface area (Å²) in [6.07, 6.45) is 2.63. The lowest BCUT2D eigenvalue weighted by molar-refractivity contribution is 0.246. The molecule has 1 atom stereocenters. The fraction of sp³-hybridized carbons (Fsp3) is 1.00. The summed E-state index contributed by atoms with van der Waals surface area (Å²) in [5, 5.41) is 3.58. The van der Waals surface area contributed by atoms with E-state index in [4.69, 9.17) is 0 Å². The van der Waals surface area contributed by atoms with Crippen molar-refractivity contribution >= 4 is 0 Å². The topological polar surface area (TPSA) is 12.0 Å². The highest BCUT2D eigenvalue weighted by atomic mass is 14.9. The van der Waals surface area contributed by atoms with Crippen molar-refractivity contribution in [1.29, 1.82) is 0 Å². The SMILES string of the molecule is CCNC(CCC(C)C)C(C)(C)C. The maximum atomic E-state index is 3.58. The largest absolute Gasteiger partial charge is 0.314 e. The first kappa shape index (κ1) is 13.0. The Kier molecular flexibility index (Phi) is 5.62. The van der Waals surface area contributed by atoms with Crippen molar-refractivity contribution in [3.05, 3.63) is 0 Å². The van der Waals surface area contributed by atoms with Gasteiger partial charge in [-0.2, -0.15) is 0 Å². The van der Waals surface area contributed by atoms with Gasteiger partial charge >= 0.3 is 0 Å². The molecule has 0 rings (SSSR count). The standard InChI is InChI=1S/C12H27N/c1-7-13-11(12(4,5)6)9-8-10(2)3/h10-11,13H,7-9H2,1-6H3. The van der Waals surface area contributed by atoms with Gasteiger partial charge in [-0.3, -0.25) is 0 Å². The maximum Gasteiger partial charge on any atom is 0.0116 e. The van der Waals surface area contributed by atoms with Crippen molar-refractivity contribution in [2.45, 2.75) is 60.4 Å². The lowest BCUT2D eigenvalue weighted by Gasteiger charge is -2.32. The molecule has 0 aliphatic heterocycles. The number of hydrogen-bond acceptors (Lipinski definition) is 1. The van der Waals surface area contributed by atoms with Gasteiger partial charge in [-0.1, -0.05) is 41.5 Å². The average molecular weight is 185 g/mol. The van der Waals surface area contributed by atoms with Crippen LogP contribution in [0.4, 0.5) is 0 Å². The Labute approximate surface area is 84.3 Å². The Morgan fingerprint density at radius 3 is 1.92 bits per heavy atom. The molecule has 0 aromatic heterocycles. The first-order valence-electron chi connectivity index (χ1n) is 5.61. The van der Waals surface area contributed by atoms with Crippen LogP contribution in [0.15, 0.2) is 0 Å². The lowest BCUT2D eigenvalue weighted by Crippen LogP contribution is -2.40. The minimum Gasteiger partial charge on any atom is -0.314 e. The Morgan fingerprint density at radius 2 is 1.62 bits per heavy atom. The monoisotopic (exact) mass is 185 g/mol. The Hall–Kier alpha value is -0.0400. The van der Waals surface area contributed by atoms with Crippen LogP contribution in [-0.4, -0.2) is 12.6 Å². The third-order valence-corrected chi connectivity index (χ3v) is 2.53. The fourth-order valence-corrected chi connectivity index (χ4v) is 1.59. The van der Waals surface area contributed by atoms with Crippen LogP contribution in [0, 0.1) is 11.3 Å². The van der Waals surface area contributed by atoms with Crippen LogP contribution < -0.4 is 5.32 Å². The molecule has 0 spiro atoms. The van der Waals surface area contributed by atoms with Gasteiger partial charge in [0.1, 0.15) is 0 Å². The molecular weight excluding hydrogens is 158 g/mol. The second-order valence-electron chi connectivity index (χ2n) is 5.45. The highest BCUT2D eigenvalue weighted by Gasteiger charge is 2.23. The summed E-state index contributed by atoms with van der Waals surface area (Å²) in [5.74, 6) is 0.823. The molecule has 1 heteroatoms. The van der Waals surface area contributed by atoms with Crippen LogP contribution >= 0.6 is 0 Å². The molecule has 13 heavy (non-hydrogen) atoms. The van der Waals surface area contributed by atoms with E-state index < -0.39 is 0 Å². The van der Waals surface area contributed by atoms with Gasteiger partial charge in [-0.05, 0) is 30.7 Å². The maximum absolute atomic E-state index is 3.58. The van der Waals surface area contributed by atoms with Gasteiger partial charge in [0.2, 0.25) is 0 Å². The summed E-state index contributed by atoms with van der Waals surface area (Å²) >= 11 is 0. The Balaban J connectivity index is 3.95. The molecule has 0 bridgehead atoms. The van der Waals surface area contributed by atoms with Crippen molar-refractivity contribution in [1.82, 2.24) is 5.32 Å². The van der Waals surface area contributed by atoms with Crippen molar-refractivity contribution in [3.63, 3.8) is 0 Å². The Bertz CT molecular complexity index is 122. The van der Waals surface area contributed by atoms with Crippen LogP contribution in [0.25, 0.3) is 0 Å². The molecule has 0 radical (unpaired) electrons. The zero-order valence-corrected chi connectivity index (χ0v) is 10.3. The molecule has 0 aliphatic carbocycles. The van der Waals surface area contributed by atoms with Gasteiger partial charge in [0.15, 0.2) is 0 Å². The van der Waals surface area contributed by atoms with E-state index in [1.807, 2.05) is 0 Å². The zero-order chi connectivity index (χ0) is 10.5. The summed E-state index contributed by atoms with van der Waals surface area (Å²) in [6.45, 7) is 14.8. The molecule has 1 N–H and O–H groups in total. The van der Waals surface area contributed by atoms with E-state index in [-0.39, 0.29) is 0 Å². The molecule has 1 unspecified atom stereocenters. The molecule has 0 aromatic carbocycles. The molecule has 0 saturated carbocycles. The molecule has 0 aromatic rings. The fourth-order valence-electron chi connectivity index (χ4n) is 1.59. The van der Waals surface area contributed by atoms with Gasteiger partial charge in [-0.25, -0.2) is 0 Å². The minimum atomic E-state index is 0.394. The smallest absolute Gasteiger partial charge is 0.0116 e. The van der Waals surface area contributed by atoms with Crippen LogP contribution in [0.2, 0.25) is 0 Å². The summed E-state index contributed by atoms with van der Waals surface area (Å²) < 4.78 is 0. The Morgan fingerprint density at radius 1 is 1.08 bits per heavy atom. The van der Waals surface area contributed by atoms with E-state index in [0.717, 1.165) is 12.5 Å². The molecule has 80 valence electrons. The second kappa shape index (κ2) is 5.64. The van der Waals surface area contributed by atoms with E-state index in [1.165, 1.54) is 12.8 Å². The highest BCUT2D eigenvalue weighted by molar-refractivity contribution is 4.80. The van der Waals surface area contributed by atoms with Gasteiger partial charge in [0.05, 0.1) is 0 Å². The van der Waals surface area contributed by atoms with Crippen molar-refractivity contribution in [2.75, 3.05) is 6.54 Å². The van der Waals surface area contributed by atoms with Gasteiger partial charge in [0, 0.05) is 6.04 Å². The molecule has 0 amide bonds. The lowest BCUT2D eigenvalue weighted by atomic mass is 9.83. The van der Waals surface area contributed by atoms with Gasteiger partial charge in [0.25, 0.3) is 0 Å². The predicted octanol–water partition coefficient (Wildman–Crippen LogP) is 3.45. The first-order chi connectivity index (χ1) is 5.88. The van der Waals surface area contributed by atoms with E-state index in [2.05, 4.69) is 46.9 Å². The van der Waals surface area contributed by atoms with Crippen molar-refractivity contribution < 1.29 is 0 Å². The summed E-state index contributed by atoms with van der Waals surface area (Å²) in [5.41, 5.74) is 0.394. The van der Waals surface area contributed by atoms with E-state index >= 15 is 0 Å². The molecule has 0 saturated heterocycles. The summed E-state index contributed by atoms with van der Waals surface area (Å²) in [4.78, 5) is 0. The summed E-state index contributed by atoms with van der Waals surface area (Å²) in [7, 11) is 0.